The Hall–Kier alpha value is -0.650. The highest BCUT2D eigenvalue weighted by Gasteiger charge is 2.31. The van der Waals surface area contributed by atoms with E-state index in [1.54, 1.807) is 6.92 Å². The number of aliphatic carboxylic acids is 1. The van der Waals surface area contributed by atoms with E-state index in [0.717, 1.165) is 0 Å². The summed E-state index contributed by atoms with van der Waals surface area (Å²) in [5.41, 5.74) is -1.39. The molecule has 0 amide bonds. The number of rotatable bonds is 3. The first-order valence-electron chi connectivity index (χ1n) is 3.54. The zero-order valence-electron chi connectivity index (χ0n) is 7.32. The van der Waals surface area contributed by atoms with Gasteiger partial charge in [0, 0.05) is 6.61 Å². The first-order valence-corrected chi connectivity index (χ1v) is 3.54. The van der Waals surface area contributed by atoms with Gasteiger partial charge in [0.05, 0.1) is 13.2 Å². The van der Waals surface area contributed by atoms with E-state index in [1.165, 1.54) is 6.92 Å². The zero-order chi connectivity index (χ0) is 10.2. The van der Waals surface area contributed by atoms with Crippen LogP contribution in [0.15, 0.2) is 0 Å². The molecule has 0 aromatic rings. The lowest BCUT2D eigenvalue weighted by molar-refractivity contribution is -0.152. The van der Waals surface area contributed by atoms with Gasteiger partial charge in [0.1, 0.15) is 5.41 Å². The van der Waals surface area contributed by atoms with Crippen molar-refractivity contribution in [2.75, 3.05) is 19.8 Å². The lowest BCUT2D eigenvalue weighted by atomic mass is 9.94. The summed E-state index contributed by atoms with van der Waals surface area (Å²) in [6.07, 6.45) is 0. The molecule has 0 rings (SSSR count). The lowest BCUT2D eigenvalue weighted by Crippen LogP contribution is -2.35. The van der Waals surface area contributed by atoms with Crippen LogP contribution < -0.4 is 0 Å². The molecule has 0 bridgehead atoms. The van der Waals surface area contributed by atoms with E-state index < -0.39 is 24.6 Å². The largest absolute Gasteiger partial charge is 0.481 e. The third kappa shape index (κ3) is 5.06. The minimum Gasteiger partial charge on any atom is -0.481 e. The third-order valence-corrected chi connectivity index (χ3v) is 1.21. The van der Waals surface area contributed by atoms with Crippen LogP contribution in [0.1, 0.15) is 13.8 Å². The van der Waals surface area contributed by atoms with Crippen molar-refractivity contribution in [1.82, 2.24) is 0 Å². The number of hydrogen-bond acceptors (Lipinski definition) is 4. The quantitative estimate of drug-likeness (QED) is 0.449. The number of aliphatic hydroxyl groups excluding tert-OH is 3. The highest BCUT2D eigenvalue weighted by atomic mass is 16.4. The fourth-order valence-corrected chi connectivity index (χ4v) is 0.185. The molecule has 0 atom stereocenters. The summed E-state index contributed by atoms with van der Waals surface area (Å²) in [6, 6.07) is 0. The molecular weight excluding hydrogens is 164 g/mol. The first-order chi connectivity index (χ1) is 5.48. The van der Waals surface area contributed by atoms with Crippen molar-refractivity contribution < 1.29 is 25.2 Å². The van der Waals surface area contributed by atoms with Crippen LogP contribution >= 0.6 is 0 Å². The molecule has 74 valence electrons. The van der Waals surface area contributed by atoms with E-state index in [0.29, 0.717) is 0 Å². The molecule has 0 aliphatic carbocycles. The van der Waals surface area contributed by atoms with Gasteiger partial charge in [-0.3, -0.25) is 4.79 Å². The van der Waals surface area contributed by atoms with Gasteiger partial charge >= 0.3 is 5.97 Å². The maximum atomic E-state index is 10.2. The summed E-state index contributed by atoms with van der Waals surface area (Å²) >= 11 is 0. The number of hydrogen-bond donors (Lipinski definition) is 4. The van der Waals surface area contributed by atoms with Crippen LogP contribution in [-0.4, -0.2) is 46.2 Å². The maximum absolute atomic E-state index is 10.2. The molecule has 0 aliphatic heterocycles. The predicted molar refractivity (Wildman–Crippen MR) is 42.7 cm³/mol. The van der Waals surface area contributed by atoms with Gasteiger partial charge < -0.3 is 20.4 Å². The standard InChI is InChI=1S/C5H10O4.C2H6O/c1-5(2-6,3-7)4(8)9;1-2-3/h6-7H,2-3H2,1H3,(H,8,9);3H,2H2,1H3. The molecule has 4 N–H and O–H groups in total. The third-order valence-electron chi connectivity index (χ3n) is 1.21. The summed E-state index contributed by atoms with van der Waals surface area (Å²) in [7, 11) is 0. The zero-order valence-corrected chi connectivity index (χ0v) is 7.32. The van der Waals surface area contributed by atoms with Crippen LogP contribution in [0.2, 0.25) is 0 Å². The van der Waals surface area contributed by atoms with Gasteiger partial charge in [-0.15, -0.1) is 0 Å². The molecule has 0 spiro atoms. The minimum absolute atomic E-state index is 0.250. The maximum Gasteiger partial charge on any atom is 0.314 e. The molecule has 5 nitrogen and oxygen atoms in total. The molecule has 0 saturated heterocycles. The molecular formula is C7H16O5. The van der Waals surface area contributed by atoms with Gasteiger partial charge in [-0.1, -0.05) is 0 Å². The van der Waals surface area contributed by atoms with Crippen molar-refractivity contribution in [2.24, 2.45) is 5.41 Å². The van der Waals surface area contributed by atoms with Crippen LogP contribution in [0.25, 0.3) is 0 Å². The normalized spacial score (nSPS) is 10.1. The van der Waals surface area contributed by atoms with E-state index in [9.17, 15) is 4.79 Å². The van der Waals surface area contributed by atoms with Gasteiger partial charge in [-0.2, -0.15) is 0 Å². The number of aliphatic hydroxyl groups is 3. The van der Waals surface area contributed by atoms with Crippen molar-refractivity contribution in [3.63, 3.8) is 0 Å². The van der Waals surface area contributed by atoms with Crippen LogP contribution in [0.3, 0.4) is 0 Å². The Morgan fingerprint density at radius 2 is 1.50 bits per heavy atom. The van der Waals surface area contributed by atoms with Crippen LogP contribution in [-0.2, 0) is 4.79 Å². The molecule has 0 aliphatic rings. The van der Waals surface area contributed by atoms with Gasteiger partial charge in [-0.05, 0) is 13.8 Å². The van der Waals surface area contributed by atoms with Gasteiger partial charge in [0.15, 0.2) is 0 Å². The van der Waals surface area contributed by atoms with E-state index in [-0.39, 0.29) is 6.61 Å². The topological polar surface area (TPSA) is 98.0 Å². The Balaban J connectivity index is 0. The van der Waals surface area contributed by atoms with Crippen molar-refractivity contribution in [3.8, 4) is 0 Å². The van der Waals surface area contributed by atoms with E-state index in [2.05, 4.69) is 0 Å². The number of carboxylic acids is 1. The van der Waals surface area contributed by atoms with E-state index >= 15 is 0 Å². The second kappa shape index (κ2) is 7.02. The highest BCUT2D eigenvalue weighted by Crippen LogP contribution is 2.12. The Morgan fingerprint density at radius 1 is 1.25 bits per heavy atom. The van der Waals surface area contributed by atoms with Crippen LogP contribution in [0, 0.1) is 5.41 Å². The minimum atomic E-state index is -1.39. The van der Waals surface area contributed by atoms with Crippen molar-refractivity contribution in [3.05, 3.63) is 0 Å². The summed E-state index contributed by atoms with van der Waals surface area (Å²) < 4.78 is 0. The Bertz CT molecular complexity index is 119. The second-order valence-corrected chi connectivity index (χ2v) is 2.50. The second-order valence-electron chi connectivity index (χ2n) is 2.50. The monoisotopic (exact) mass is 180 g/mol. The summed E-state index contributed by atoms with van der Waals surface area (Å²) in [5.74, 6) is -1.19. The summed E-state index contributed by atoms with van der Waals surface area (Å²) in [6.45, 7) is 2.12. The lowest BCUT2D eigenvalue weighted by Gasteiger charge is -2.17. The molecule has 12 heavy (non-hydrogen) atoms. The first kappa shape index (κ1) is 13.9. The molecule has 0 saturated carbocycles. The van der Waals surface area contributed by atoms with E-state index in [1.807, 2.05) is 0 Å². The smallest absolute Gasteiger partial charge is 0.314 e. The number of carbonyl (C=O) groups is 1. The molecule has 0 unspecified atom stereocenters. The Kier molecular flexibility index (Phi) is 8.14. The predicted octanol–water partition coefficient (Wildman–Crippen LogP) is -0.940. The molecule has 0 fully saturated rings. The Labute approximate surface area is 71.3 Å². The van der Waals surface area contributed by atoms with Gasteiger partial charge in [0.25, 0.3) is 0 Å². The molecule has 0 heterocycles. The summed E-state index contributed by atoms with van der Waals surface area (Å²) in [5, 5.41) is 32.7. The average molecular weight is 180 g/mol. The van der Waals surface area contributed by atoms with Crippen molar-refractivity contribution >= 4 is 5.97 Å². The van der Waals surface area contributed by atoms with Crippen LogP contribution in [0.5, 0.6) is 0 Å². The number of carboxylic acid groups (broad SMARTS) is 1. The van der Waals surface area contributed by atoms with Crippen molar-refractivity contribution in [1.29, 1.82) is 0 Å². The van der Waals surface area contributed by atoms with E-state index in [4.69, 9.17) is 20.4 Å². The molecule has 0 aromatic heterocycles. The fourth-order valence-electron chi connectivity index (χ4n) is 0.185. The SMILES string of the molecule is CC(CO)(CO)C(=O)O.CCO. The fraction of sp³-hybridized carbons (Fsp3) is 0.857. The highest BCUT2D eigenvalue weighted by molar-refractivity contribution is 5.74. The molecule has 0 radical (unpaired) electrons. The molecule has 5 heteroatoms. The summed E-state index contributed by atoms with van der Waals surface area (Å²) in [4.78, 5) is 10.2. The average Bonchev–Trinajstić information content (AvgIpc) is 2.04. The van der Waals surface area contributed by atoms with Crippen LogP contribution in [0.4, 0.5) is 0 Å². The molecule has 0 aromatic carbocycles. The Morgan fingerprint density at radius 3 is 1.50 bits per heavy atom. The van der Waals surface area contributed by atoms with Gasteiger partial charge in [0.2, 0.25) is 0 Å². The van der Waals surface area contributed by atoms with Crippen molar-refractivity contribution in [2.45, 2.75) is 13.8 Å². The van der Waals surface area contributed by atoms with Gasteiger partial charge in [-0.25, -0.2) is 0 Å².